The number of ether oxygens (including phenoxy) is 1. The van der Waals surface area contributed by atoms with Crippen LogP contribution in [0.3, 0.4) is 0 Å². The quantitative estimate of drug-likeness (QED) is 0.615. The van der Waals surface area contributed by atoms with Gasteiger partial charge in [-0.1, -0.05) is 23.2 Å². The molecule has 0 saturated heterocycles. The van der Waals surface area contributed by atoms with Gasteiger partial charge < -0.3 is 10.1 Å². The van der Waals surface area contributed by atoms with E-state index in [2.05, 4.69) is 10.3 Å². The third-order valence-corrected chi connectivity index (χ3v) is 4.81. The lowest BCUT2D eigenvalue weighted by Gasteiger charge is -2.08. The number of nitrogens with one attached hydrogen (secondary N) is 1. The Morgan fingerprint density at radius 1 is 1.20 bits per heavy atom. The highest BCUT2D eigenvalue weighted by Gasteiger charge is 2.11. The molecule has 0 aliphatic heterocycles. The number of carbonyl (C=O) groups is 1. The van der Waals surface area contributed by atoms with E-state index in [4.69, 9.17) is 27.9 Å². The highest BCUT2D eigenvalue weighted by Crippen LogP contribution is 2.24. The molecule has 2 aromatic heterocycles. The van der Waals surface area contributed by atoms with E-state index in [9.17, 15) is 4.79 Å². The molecule has 2 heterocycles. The SMILES string of the molecule is Cc1cc(Cl)ccc1OCc1csc(C(=O)Nc2ccc(Cl)cn2)c1. The van der Waals surface area contributed by atoms with Crippen molar-refractivity contribution in [2.24, 2.45) is 0 Å². The summed E-state index contributed by atoms with van der Waals surface area (Å²) >= 11 is 13.1. The van der Waals surface area contributed by atoms with Gasteiger partial charge in [0.15, 0.2) is 0 Å². The highest BCUT2D eigenvalue weighted by atomic mass is 35.5. The van der Waals surface area contributed by atoms with E-state index < -0.39 is 0 Å². The fourth-order valence-electron chi connectivity index (χ4n) is 2.13. The van der Waals surface area contributed by atoms with Gasteiger partial charge in [0.1, 0.15) is 18.2 Å². The Bertz CT molecular complexity index is 894. The first kappa shape index (κ1) is 17.7. The predicted molar refractivity (Wildman–Crippen MR) is 102 cm³/mol. The molecular formula is C18H14Cl2N2O2S. The molecule has 1 N–H and O–H groups in total. The second kappa shape index (κ2) is 7.87. The molecular weight excluding hydrogens is 379 g/mol. The third-order valence-electron chi connectivity index (χ3n) is 3.38. The van der Waals surface area contributed by atoms with Crippen molar-refractivity contribution in [3.8, 4) is 5.75 Å². The van der Waals surface area contributed by atoms with Crippen molar-refractivity contribution < 1.29 is 9.53 Å². The maximum absolute atomic E-state index is 12.2. The largest absolute Gasteiger partial charge is 0.489 e. The fraction of sp³-hybridized carbons (Fsp3) is 0.111. The van der Waals surface area contributed by atoms with Crippen molar-refractivity contribution in [3.05, 3.63) is 74.0 Å². The number of aryl methyl sites for hydroxylation is 1. The summed E-state index contributed by atoms with van der Waals surface area (Å²) in [4.78, 5) is 16.9. The standard InChI is InChI=1S/C18H14Cl2N2O2S/c1-11-6-13(19)2-4-15(11)24-9-12-7-16(25-10-12)18(23)22-17-5-3-14(20)8-21-17/h2-8,10H,9H2,1H3,(H,21,22,23). The number of pyridine rings is 1. The first-order valence-corrected chi connectivity index (χ1v) is 9.04. The van der Waals surface area contributed by atoms with Crippen molar-refractivity contribution >= 4 is 46.3 Å². The van der Waals surface area contributed by atoms with Crippen LogP contribution in [0.1, 0.15) is 20.8 Å². The topological polar surface area (TPSA) is 51.2 Å². The van der Waals surface area contributed by atoms with Gasteiger partial charge >= 0.3 is 0 Å². The summed E-state index contributed by atoms with van der Waals surface area (Å²) < 4.78 is 5.79. The minimum absolute atomic E-state index is 0.214. The summed E-state index contributed by atoms with van der Waals surface area (Å²) in [6, 6.07) is 10.6. The van der Waals surface area contributed by atoms with Gasteiger partial charge in [-0.2, -0.15) is 0 Å². The van der Waals surface area contributed by atoms with Crippen LogP contribution in [0.15, 0.2) is 48.0 Å². The van der Waals surface area contributed by atoms with Crippen LogP contribution < -0.4 is 10.1 Å². The molecule has 0 aliphatic carbocycles. The minimum Gasteiger partial charge on any atom is -0.489 e. The summed E-state index contributed by atoms with van der Waals surface area (Å²) in [7, 11) is 0. The summed E-state index contributed by atoms with van der Waals surface area (Å²) in [5, 5.41) is 5.83. The molecule has 1 amide bonds. The van der Waals surface area contributed by atoms with E-state index in [-0.39, 0.29) is 5.91 Å². The number of benzene rings is 1. The number of hydrogen-bond acceptors (Lipinski definition) is 4. The van der Waals surface area contributed by atoms with Gasteiger partial charge in [-0.3, -0.25) is 4.79 Å². The number of carbonyl (C=O) groups excluding carboxylic acids is 1. The number of anilines is 1. The molecule has 25 heavy (non-hydrogen) atoms. The summed E-state index contributed by atoms with van der Waals surface area (Å²) in [6.45, 7) is 2.32. The molecule has 0 aliphatic rings. The first-order chi connectivity index (χ1) is 12.0. The Morgan fingerprint density at radius 3 is 2.72 bits per heavy atom. The molecule has 1 aromatic carbocycles. The van der Waals surface area contributed by atoms with Crippen molar-refractivity contribution in [1.82, 2.24) is 4.98 Å². The molecule has 0 bridgehead atoms. The average Bonchev–Trinajstić information content (AvgIpc) is 3.05. The van der Waals surface area contributed by atoms with Crippen molar-refractivity contribution in [2.75, 3.05) is 5.32 Å². The van der Waals surface area contributed by atoms with Gasteiger partial charge in [0.05, 0.1) is 9.90 Å². The smallest absolute Gasteiger partial charge is 0.266 e. The Morgan fingerprint density at radius 2 is 2.00 bits per heavy atom. The zero-order valence-electron chi connectivity index (χ0n) is 13.3. The van der Waals surface area contributed by atoms with Gasteiger partial charge in [-0.15, -0.1) is 11.3 Å². The van der Waals surface area contributed by atoms with E-state index in [0.29, 0.717) is 27.3 Å². The summed E-state index contributed by atoms with van der Waals surface area (Å²) in [5.74, 6) is 1.01. The van der Waals surface area contributed by atoms with Crippen LogP contribution in [0.4, 0.5) is 5.82 Å². The lowest BCUT2D eigenvalue weighted by atomic mass is 10.2. The number of amides is 1. The second-order valence-electron chi connectivity index (χ2n) is 5.33. The van der Waals surface area contributed by atoms with Crippen LogP contribution in [-0.4, -0.2) is 10.9 Å². The number of nitrogens with zero attached hydrogens (tertiary/aromatic N) is 1. The van der Waals surface area contributed by atoms with Gasteiger partial charge in [0.25, 0.3) is 5.91 Å². The van der Waals surface area contributed by atoms with Crippen LogP contribution >= 0.6 is 34.5 Å². The van der Waals surface area contributed by atoms with Crippen molar-refractivity contribution in [1.29, 1.82) is 0 Å². The Balaban J connectivity index is 1.61. The molecule has 0 saturated carbocycles. The molecule has 0 spiro atoms. The molecule has 0 fully saturated rings. The number of rotatable bonds is 5. The van der Waals surface area contributed by atoms with E-state index >= 15 is 0 Å². The van der Waals surface area contributed by atoms with Crippen molar-refractivity contribution in [2.45, 2.75) is 13.5 Å². The van der Waals surface area contributed by atoms with Crippen LogP contribution in [0.25, 0.3) is 0 Å². The predicted octanol–water partition coefficient (Wildman–Crippen LogP) is 5.59. The summed E-state index contributed by atoms with van der Waals surface area (Å²) in [5.41, 5.74) is 1.89. The maximum Gasteiger partial charge on any atom is 0.266 e. The minimum atomic E-state index is -0.214. The molecule has 128 valence electrons. The van der Waals surface area contributed by atoms with Crippen LogP contribution in [0.5, 0.6) is 5.75 Å². The summed E-state index contributed by atoms with van der Waals surface area (Å²) in [6.07, 6.45) is 1.49. The number of hydrogen-bond donors (Lipinski definition) is 1. The van der Waals surface area contributed by atoms with E-state index in [1.807, 2.05) is 24.4 Å². The highest BCUT2D eigenvalue weighted by molar-refractivity contribution is 7.12. The lowest BCUT2D eigenvalue weighted by molar-refractivity contribution is 0.103. The van der Waals surface area contributed by atoms with E-state index in [1.54, 1.807) is 24.3 Å². The zero-order valence-corrected chi connectivity index (χ0v) is 15.6. The Labute approximate surface area is 159 Å². The Kier molecular flexibility index (Phi) is 5.58. The van der Waals surface area contributed by atoms with Gasteiger partial charge in [-0.05, 0) is 54.3 Å². The zero-order chi connectivity index (χ0) is 17.8. The number of halogens is 2. The molecule has 4 nitrogen and oxygen atoms in total. The second-order valence-corrected chi connectivity index (χ2v) is 7.12. The van der Waals surface area contributed by atoms with Crippen LogP contribution in [0.2, 0.25) is 10.0 Å². The lowest BCUT2D eigenvalue weighted by Crippen LogP contribution is -2.11. The number of thiophene rings is 1. The van der Waals surface area contributed by atoms with E-state index in [1.165, 1.54) is 17.5 Å². The Hall–Kier alpha value is -2.08. The third kappa shape index (κ3) is 4.72. The van der Waals surface area contributed by atoms with Crippen molar-refractivity contribution in [3.63, 3.8) is 0 Å². The molecule has 3 rings (SSSR count). The molecule has 0 unspecified atom stereocenters. The van der Waals surface area contributed by atoms with Gasteiger partial charge in [-0.25, -0.2) is 4.98 Å². The normalized spacial score (nSPS) is 10.5. The van der Waals surface area contributed by atoms with Crippen LogP contribution in [-0.2, 0) is 6.61 Å². The van der Waals surface area contributed by atoms with Gasteiger partial charge in [0, 0.05) is 16.8 Å². The van der Waals surface area contributed by atoms with Gasteiger partial charge in [0.2, 0.25) is 0 Å². The number of aromatic nitrogens is 1. The molecule has 7 heteroatoms. The molecule has 0 atom stereocenters. The average molecular weight is 393 g/mol. The fourth-order valence-corrected chi connectivity index (χ4v) is 3.26. The van der Waals surface area contributed by atoms with E-state index in [0.717, 1.165) is 16.9 Å². The monoisotopic (exact) mass is 392 g/mol. The molecule has 0 radical (unpaired) electrons. The molecule has 3 aromatic rings. The van der Waals surface area contributed by atoms with Crippen LogP contribution in [0, 0.1) is 6.92 Å². The maximum atomic E-state index is 12.2. The first-order valence-electron chi connectivity index (χ1n) is 7.40.